The van der Waals surface area contributed by atoms with Gasteiger partial charge >= 0.3 is 12.4 Å². The fourth-order valence-electron chi connectivity index (χ4n) is 7.05. The van der Waals surface area contributed by atoms with Crippen LogP contribution in [-0.4, -0.2) is 29.6 Å². The molecule has 2 amide bonds. The molecule has 1 aliphatic carbocycles. The maximum Gasteiger partial charge on any atom is 0.416 e. The lowest BCUT2D eigenvalue weighted by Crippen LogP contribution is -2.35. The topological polar surface area (TPSA) is 66.8 Å². The number of rotatable bonds is 8. The third kappa shape index (κ3) is 6.65. The van der Waals surface area contributed by atoms with Gasteiger partial charge in [-0.05, 0) is 73.6 Å². The van der Waals surface area contributed by atoms with Crippen molar-refractivity contribution in [2.24, 2.45) is 23.7 Å². The van der Waals surface area contributed by atoms with E-state index in [9.17, 15) is 41.0 Å². The van der Waals surface area contributed by atoms with Gasteiger partial charge in [0.1, 0.15) is 5.75 Å². The summed E-state index contributed by atoms with van der Waals surface area (Å²) < 4.78 is 88.7. The number of allylic oxidation sites excluding steroid dienone is 2. The van der Waals surface area contributed by atoms with E-state index in [0.29, 0.717) is 35.4 Å². The molecule has 5 rings (SSSR count). The fourth-order valence-corrected chi connectivity index (χ4v) is 7.43. The van der Waals surface area contributed by atoms with Crippen molar-refractivity contribution in [1.82, 2.24) is 0 Å². The number of ether oxygens (including phenoxy) is 1. The van der Waals surface area contributed by atoms with Gasteiger partial charge in [0.2, 0.25) is 11.8 Å². The molecule has 3 aliphatic rings. The van der Waals surface area contributed by atoms with E-state index >= 15 is 0 Å². The van der Waals surface area contributed by atoms with Crippen molar-refractivity contribution in [3.8, 4) is 5.75 Å². The molecule has 0 bridgehead atoms. The number of benzene rings is 2. The number of hydrogen-bond acceptors (Lipinski definition) is 4. The lowest BCUT2D eigenvalue weighted by atomic mass is 9.67. The Morgan fingerprint density at radius 3 is 2.24 bits per heavy atom. The molecule has 2 aromatic rings. The Bertz CT molecular complexity index is 1560. The third-order valence-corrected chi connectivity index (χ3v) is 9.61. The minimum Gasteiger partial charge on any atom is -0.507 e. The van der Waals surface area contributed by atoms with Crippen LogP contribution in [-0.2, 0) is 26.7 Å². The Balaban J connectivity index is 1.45. The average Bonchev–Trinajstić information content (AvgIpc) is 3.50. The smallest absolute Gasteiger partial charge is 0.416 e. The number of imide groups is 1. The Labute approximate surface area is 271 Å². The van der Waals surface area contributed by atoms with Crippen LogP contribution in [0.5, 0.6) is 5.75 Å². The van der Waals surface area contributed by atoms with Crippen LogP contribution in [0, 0.1) is 23.7 Å². The van der Waals surface area contributed by atoms with Crippen molar-refractivity contribution < 1.29 is 45.8 Å². The van der Waals surface area contributed by atoms with Crippen LogP contribution in [0.15, 0.2) is 57.6 Å². The molecule has 5 nitrogen and oxygen atoms in total. The summed E-state index contributed by atoms with van der Waals surface area (Å²) in [7, 11) is 0. The third-order valence-electron chi connectivity index (χ3n) is 9.12. The summed E-state index contributed by atoms with van der Waals surface area (Å²) >= 11 is 3.43. The molecular formula is C34H34BrF6NO4. The van der Waals surface area contributed by atoms with Crippen LogP contribution >= 0.6 is 15.9 Å². The number of amides is 2. The van der Waals surface area contributed by atoms with Gasteiger partial charge in [0.15, 0.2) is 0 Å². The Hall–Kier alpha value is -3.12. The molecule has 2 saturated heterocycles. The predicted octanol–water partition coefficient (Wildman–Crippen LogP) is 9.33. The first-order valence-corrected chi connectivity index (χ1v) is 16.0. The van der Waals surface area contributed by atoms with E-state index in [1.54, 1.807) is 12.1 Å². The van der Waals surface area contributed by atoms with Crippen LogP contribution in [0.3, 0.4) is 0 Å². The highest BCUT2D eigenvalue weighted by atomic mass is 79.9. The zero-order chi connectivity index (χ0) is 33.7. The molecule has 0 aromatic heterocycles. The SMILES string of the molecule is CCC/C(=C\c1cc(Br)ccc1O)CC[C@H]1OC[C@H]2C1=C(C(C)C)C[C@H]1C(=O)N(c3cc(C(F)(F)F)cc(C(F)(F)F)c3)C(=O)[C@H]12. The number of aromatic hydroxyl groups is 1. The number of carbonyl (C=O) groups excluding carboxylic acids is 2. The van der Waals surface area contributed by atoms with Gasteiger partial charge in [0, 0.05) is 16.0 Å². The van der Waals surface area contributed by atoms with Crippen molar-refractivity contribution in [3.63, 3.8) is 0 Å². The highest BCUT2D eigenvalue weighted by Gasteiger charge is 2.58. The number of anilines is 1. The van der Waals surface area contributed by atoms with Gasteiger partial charge < -0.3 is 9.84 Å². The number of hydrogen-bond donors (Lipinski definition) is 1. The molecule has 2 heterocycles. The molecule has 2 fully saturated rings. The molecule has 12 heteroatoms. The van der Waals surface area contributed by atoms with Crippen molar-refractivity contribution in [3.05, 3.63) is 74.3 Å². The predicted molar refractivity (Wildman–Crippen MR) is 164 cm³/mol. The number of nitrogens with zero attached hydrogens (tertiary/aromatic N) is 1. The average molecular weight is 715 g/mol. The highest BCUT2D eigenvalue weighted by molar-refractivity contribution is 9.10. The van der Waals surface area contributed by atoms with E-state index in [4.69, 9.17) is 4.74 Å². The van der Waals surface area contributed by atoms with Gasteiger partial charge in [-0.25, -0.2) is 4.90 Å². The lowest BCUT2D eigenvalue weighted by Gasteiger charge is -2.33. The summed E-state index contributed by atoms with van der Waals surface area (Å²) in [5.74, 6) is -3.89. The molecule has 2 aromatic carbocycles. The lowest BCUT2D eigenvalue weighted by molar-refractivity contribution is -0.143. The molecule has 0 unspecified atom stereocenters. The zero-order valence-corrected chi connectivity index (χ0v) is 27.0. The molecule has 1 N–H and O–H groups in total. The number of phenols is 1. The van der Waals surface area contributed by atoms with Gasteiger partial charge in [0.05, 0.1) is 41.4 Å². The highest BCUT2D eigenvalue weighted by Crippen LogP contribution is 2.52. The second kappa shape index (κ2) is 12.8. The van der Waals surface area contributed by atoms with Gasteiger partial charge in [-0.15, -0.1) is 0 Å². The number of halogens is 7. The van der Waals surface area contributed by atoms with Crippen LogP contribution < -0.4 is 4.90 Å². The van der Waals surface area contributed by atoms with Crippen LogP contribution in [0.25, 0.3) is 6.08 Å². The van der Waals surface area contributed by atoms with E-state index in [0.717, 1.165) is 34.0 Å². The Morgan fingerprint density at radius 1 is 1.00 bits per heavy atom. The van der Waals surface area contributed by atoms with Crippen molar-refractivity contribution in [2.45, 2.75) is 71.3 Å². The van der Waals surface area contributed by atoms with Crippen molar-refractivity contribution in [1.29, 1.82) is 0 Å². The number of alkyl halides is 6. The second-order valence-electron chi connectivity index (χ2n) is 12.5. The van der Waals surface area contributed by atoms with Gasteiger partial charge in [0.25, 0.3) is 0 Å². The molecule has 0 saturated carbocycles. The molecule has 2 aliphatic heterocycles. The summed E-state index contributed by atoms with van der Waals surface area (Å²) in [5.41, 5.74) is -0.324. The number of fused-ring (bicyclic) bond motifs is 3. The van der Waals surface area contributed by atoms with Crippen LogP contribution in [0.4, 0.5) is 32.0 Å². The minimum absolute atomic E-state index is 0.0211. The molecule has 0 spiro atoms. The van der Waals surface area contributed by atoms with Crippen LogP contribution in [0.2, 0.25) is 0 Å². The molecular weight excluding hydrogens is 680 g/mol. The van der Waals surface area contributed by atoms with E-state index in [1.807, 2.05) is 32.9 Å². The summed E-state index contributed by atoms with van der Waals surface area (Å²) in [5, 5.41) is 10.4. The molecule has 46 heavy (non-hydrogen) atoms. The largest absolute Gasteiger partial charge is 0.507 e. The Kier molecular flexibility index (Phi) is 9.54. The summed E-state index contributed by atoms with van der Waals surface area (Å²) in [4.78, 5) is 28.0. The van der Waals surface area contributed by atoms with Crippen molar-refractivity contribution >= 4 is 39.5 Å². The molecule has 0 radical (unpaired) electrons. The fraction of sp³-hybridized carbons (Fsp3) is 0.471. The van der Waals surface area contributed by atoms with Gasteiger partial charge in [-0.1, -0.05) is 60.3 Å². The molecule has 248 valence electrons. The summed E-state index contributed by atoms with van der Waals surface area (Å²) in [6.45, 7) is 6.07. The van der Waals surface area contributed by atoms with Gasteiger partial charge in [-0.2, -0.15) is 26.3 Å². The first-order chi connectivity index (χ1) is 21.5. The number of carbonyl (C=O) groups is 2. The van der Waals surface area contributed by atoms with Crippen LogP contribution in [0.1, 0.15) is 69.6 Å². The maximum absolute atomic E-state index is 13.8. The maximum atomic E-state index is 13.8. The quantitative estimate of drug-likeness (QED) is 0.168. The normalized spacial score (nSPS) is 23.9. The Morgan fingerprint density at radius 2 is 1.65 bits per heavy atom. The first kappa shape index (κ1) is 34.2. The van der Waals surface area contributed by atoms with E-state index < -0.39 is 58.7 Å². The van der Waals surface area contributed by atoms with E-state index in [2.05, 4.69) is 15.9 Å². The number of phenolic OH excluding ortho intramolecular Hbond substituents is 1. The van der Waals surface area contributed by atoms with Crippen molar-refractivity contribution in [2.75, 3.05) is 11.5 Å². The summed E-state index contributed by atoms with van der Waals surface area (Å²) in [6.07, 6.45) is -5.66. The van der Waals surface area contributed by atoms with E-state index in [1.165, 1.54) is 0 Å². The van der Waals surface area contributed by atoms with Gasteiger partial charge in [-0.3, -0.25) is 9.59 Å². The van der Waals surface area contributed by atoms with E-state index in [-0.39, 0.29) is 36.9 Å². The second-order valence-corrected chi connectivity index (χ2v) is 13.4. The zero-order valence-electron chi connectivity index (χ0n) is 25.4. The molecule has 4 atom stereocenters. The first-order valence-electron chi connectivity index (χ1n) is 15.2. The standard InChI is InChI=1S/C34H34BrF6NO4/c1-4-5-18(10-19-11-22(35)7-8-27(19)43)6-9-28-29-24(17(2)3)15-25-30(26(29)16-46-28)32(45)42(31(25)44)23-13-20(33(36,37)38)12-21(14-23)34(39,40)41/h7-8,10-14,17,25-26,28,30,43H,4-6,9,15-16H2,1-3H3/b18-10+/t25-,26+,28-,30-/m1/s1. The summed E-state index contributed by atoms with van der Waals surface area (Å²) in [6, 6.07) is 6.01. The monoisotopic (exact) mass is 713 g/mol. The minimum atomic E-state index is -5.12.